The predicted molar refractivity (Wildman–Crippen MR) is 55.5 cm³/mol. The topological polar surface area (TPSA) is 0 Å². The number of aryl methyl sites for hydroxylation is 1. The van der Waals surface area contributed by atoms with Crippen LogP contribution in [-0.2, 0) is 0 Å². The monoisotopic (exact) mass is 198 g/mol. The van der Waals surface area contributed by atoms with Gasteiger partial charge < -0.3 is 0 Å². The van der Waals surface area contributed by atoms with Crippen molar-refractivity contribution in [3.05, 3.63) is 41.2 Å². The van der Waals surface area contributed by atoms with Crippen LogP contribution < -0.4 is 0 Å². The molecule has 2 heteroatoms. The molecule has 0 unspecified atom stereocenters. The van der Waals surface area contributed by atoms with E-state index in [1.165, 1.54) is 0 Å². The Hall–Kier alpha value is -0.820. The lowest BCUT2D eigenvalue weighted by atomic mass is 10.1. The van der Waals surface area contributed by atoms with Crippen molar-refractivity contribution in [1.29, 1.82) is 0 Å². The van der Waals surface area contributed by atoms with Gasteiger partial charge in [-0.1, -0.05) is 30.4 Å². The number of rotatable bonds is 3. The Labute approximate surface area is 83.0 Å². The van der Waals surface area contributed by atoms with Gasteiger partial charge in [0.2, 0.25) is 0 Å². The highest BCUT2D eigenvalue weighted by molar-refractivity contribution is 6.17. The molecule has 0 aliphatic carbocycles. The molecule has 0 fully saturated rings. The number of halogens is 2. The van der Waals surface area contributed by atoms with Gasteiger partial charge in [-0.25, -0.2) is 4.39 Å². The van der Waals surface area contributed by atoms with Gasteiger partial charge in [-0.05, 0) is 18.9 Å². The Morgan fingerprint density at radius 2 is 2.23 bits per heavy atom. The van der Waals surface area contributed by atoms with E-state index in [9.17, 15) is 4.39 Å². The standard InChI is InChI=1S/C11H12ClF/c1-9-5-4-7-10(11(9)13)6-2-3-8-12/h2,4-7H,3,8H2,1H3. The van der Waals surface area contributed by atoms with Crippen LogP contribution in [-0.4, -0.2) is 5.88 Å². The quantitative estimate of drug-likeness (QED) is 0.649. The van der Waals surface area contributed by atoms with Crippen molar-refractivity contribution in [1.82, 2.24) is 0 Å². The van der Waals surface area contributed by atoms with E-state index < -0.39 is 0 Å². The van der Waals surface area contributed by atoms with Crippen molar-refractivity contribution in [2.24, 2.45) is 0 Å². The number of hydrogen-bond acceptors (Lipinski definition) is 0. The highest BCUT2D eigenvalue weighted by Gasteiger charge is 1.99. The molecule has 13 heavy (non-hydrogen) atoms. The highest BCUT2D eigenvalue weighted by Crippen LogP contribution is 2.13. The van der Waals surface area contributed by atoms with Crippen molar-refractivity contribution >= 4 is 17.7 Å². The van der Waals surface area contributed by atoms with Crippen LogP contribution in [0.3, 0.4) is 0 Å². The zero-order chi connectivity index (χ0) is 9.68. The van der Waals surface area contributed by atoms with Crippen LogP contribution in [0.4, 0.5) is 4.39 Å². The van der Waals surface area contributed by atoms with Crippen molar-refractivity contribution < 1.29 is 4.39 Å². The number of alkyl halides is 1. The molecule has 0 saturated heterocycles. The maximum atomic E-state index is 13.3. The molecule has 0 aromatic heterocycles. The van der Waals surface area contributed by atoms with E-state index in [2.05, 4.69) is 0 Å². The molecule has 0 atom stereocenters. The van der Waals surface area contributed by atoms with Crippen molar-refractivity contribution in [2.45, 2.75) is 13.3 Å². The summed E-state index contributed by atoms with van der Waals surface area (Å²) in [6.07, 6.45) is 4.42. The van der Waals surface area contributed by atoms with Gasteiger partial charge in [0.15, 0.2) is 0 Å². The molecule has 0 aliphatic rings. The molecule has 1 rings (SSSR count). The Bertz CT molecular complexity index is 305. The summed E-state index contributed by atoms with van der Waals surface area (Å²) in [7, 11) is 0. The summed E-state index contributed by atoms with van der Waals surface area (Å²) >= 11 is 5.49. The fourth-order valence-corrected chi connectivity index (χ4v) is 1.20. The molecular formula is C11H12ClF. The van der Waals surface area contributed by atoms with E-state index in [0.29, 0.717) is 17.0 Å². The van der Waals surface area contributed by atoms with Crippen LogP contribution in [0.5, 0.6) is 0 Å². The second-order valence-corrected chi connectivity index (χ2v) is 3.24. The zero-order valence-corrected chi connectivity index (χ0v) is 8.31. The first kappa shape index (κ1) is 10.3. The normalized spacial score (nSPS) is 11.0. The third-order valence-corrected chi connectivity index (χ3v) is 2.01. The summed E-state index contributed by atoms with van der Waals surface area (Å²) < 4.78 is 13.3. The fourth-order valence-electron chi connectivity index (χ4n) is 1.07. The molecule has 0 saturated carbocycles. The second kappa shape index (κ2) is 5.03. The van der Waals surface area contributed by atoms with E-state index in [-0.39, 0.29) is 5.82 Å². The molecule has 0 bridgehead atoms. The van der Waals surface area contributed by atoms with Crippen LogP contribution in [0, 0.1) is 12.7 Å². The average Bonchev–Trinajstić information content (AvgIpc) is 2.13. The Morgan fingerprint density at radius 3 is 2.92 bits per heavy atom. The number of allylic oxidation sites excluding steroid dienone is 1. The fraction of sp³-hybridized carbons (Fsp3) is 0.273. The van der Waals surface area contributed by atoms with Crippen LogP contribution in [0.15, 0.2) is 24.3 Å². The molecule has 0 spiro atoms. The highest BCUT2D eigenvalue weighted by atomic mass is 35.5. The van der Waals surface area contributed by atoms with E-state index in [4.69, 9.17) is 11.6 Å². The lowest BCUT2D eigenvalue weighted by Gasteiger charge is -1.99. The molecule has 0 aliphatic heterocycles. The molecule has 0 radical (unpaired) electrons. The number of benzene rings is 1. The summed E-state index contributed by atoms with van der Waals surface area (Å²) in [5.41, 5.74) is 1.30. The predicted octanol–water partition coefficient (Wildman–Crippen LogP) is 3.78. The minimum Gasteiger partial charge on any atom is -0.206 e. The minimum absolute atomic E-state index is 0.145. The van der Waals surface area contributed by atoms with E-state index in [0.717, 1.165) is 6.42 Å². The lowest BCUT2D eigenvalue weighted by molar-refractivity contribution is 0.616. The Kier molecular flexibility index (Phi) is 3.97. The maximum Gasteiger partial charge on any atom is 0.133 e. The minimum atomic E-state index is -0.145. The third-order valence-electron chi connectivity index (χ3n) is 1.79. The zero-order valence-electron chi connectivity index (χ0n) is 7.56. The largest absolute Gasteiger partial charge is 0.206 e. The molecule has 0 N–H and O–H groups in total. The smallest absolute Gasteiger partial charge is 0.133 e. The van der Waals surface area contributed by atoms with Crippen LogP contribution in [0.25, 0.3) is 6.08 Å². The van der Waals surface area contributed by atoms with Gasteiger partial charge in [0.1, 0.15) is 5.82 Å². The SMILES string of the molecule is Cc1cccc(C=CCCCl)c1F. The lowest BCUT2D eigenvalue weighted by Crippen LogP contribution is -1.85. The molecule has 70 valence electrons. The van der Waals surface area contributed by atoms with Gasteiger partial charge in [0.05, 0.1) is 0 Å². The van der Waals surface area contributed by atoms with Gasteiger partial charge in [-0.3, -0.25) is 0 Å². The molecule has 0 amide bonds. The molecule has 0 nitrogen and oxygen atoms in total. The first-order chi connectivity index (χ1) is 6.25. The second-order valence-electron chi connectivity index (χ2n) is 2.86. The van der Waals surface area contributed by atoms with Crippen molar-refractivity contribution in [3.63, 3.8) is 0 Å². The van der Waals surface area contributed by atoms with Gasteiger partial charge in [-0.15, -0.1) is 11.6 Å². The molecule has 1 aromatic carbocycles. The first-order valence-electron chi connectivity index (χ1n) is 4.23. The van der Waals surface area contributed by atoms with Crippen LogP contribution in [0.1, 0.15) is 17.5 Å². The molecule has 1 aromatic rings. The maximum absolute atomic E-state index is 13.3. The third kappa shape index (κ3) is 2.85. The number of hydrogen-bond donors (Lipinski definition) is 0. The van der Waals surface area contributed by atoms with Crippen molar-refractivity contribution in [3.8, 4) is 0 Å². The van der Waals surface area contributed by atoms with E-state index in [1.54, 1.807) is 25.1 Å². The van der Waals surface area contributed by atoms with Crippen LogP contribution >= 0.6 is 11.6 Å². The molecular weight excluding hydrogens is 187 g/mol. The van der Waals surface area contributed by atoms with E-state index >= 15 is 0 Å². The Morgan fingerprint density at radius 1 is 1.46 bits per heavy atom. The van der Waals surface area contributed by atoms with Gasteiger partial charge in [0.25, 0.3) is 0 Å². The summed E-state index contributed by atoms with van der Waals surface area (Å²) in [4.78, 5) is 0. The van der Waals surface area contributed by atoms with Gasteiger partial charge in [0, 0.05) is 11.4 Å². The summed E-state index contributed by atoms with van der Waals surface area (Å²) in [5.74, 6) is 0.428. The van der Waals surface area contributed by atoms with Gasteiger partial charge >= 0.3 is 0 Å². The van der Waals surface area contributed by atoms with Crippen LogP contribution in [0.2, 0.25) is 0 Å². The summed E-state index contributed by atoms with van der Waals surface area (Å²) in [6.45, 7) is 1.76. The Balaban J connectivity index is 2.83. The van der Waals surface area contributed by atoms with E-state index in [1.807, 2.05) is 12.1 Å². The summed E-state index contributed by atoms with van der Waals surface area (Å²) in [6, 6.07) is 5.36. The first-order valence-corrected chi connectivity index (χ1v) is 4.77. The average molecular weight is 199 g/mol. The van der Waals surface area contributed by atoms with Crippen molar-refractivity contribution in [2.75, 3.05) is 5.88 Å². The van der Waals surface area contributed by atoms with Gasteiger partial charge in [-0.2, -0.15) is 0 Å². The molecule has 0 heterocycles. The summed E-state index contributed by atoms with van der Waals surface area (Å²) in [5, 5.41) is 0.